The molecular formula is C9H12F3NO3. The SMILES string of the molecule is C=CCCC(=O)N(CC(=O)O)CC(F)(F)F. The maximum atomic E-state index is 12.0. The molecule has 0 aliphatic carbocycles. The Hall–Kier alpha value is -1.53. The van der Waals surface area contributed by atoms with Crippen LogP contribution in [0.5, 0.6) is 0 Å². The first-order valence-electron chi connectivity index (χ1n) is 4.43. The van der Waals surface area contributed by atoms with Gasteiger partial charge in [-0.15, -0.1) is 6.58 Å². The van der Waals surface area contributed by atoms with E-state index in [-0.39, 0.29) is 17.7 Å². The van der Waals surface area contributed by atoms with Gasteiger partial charge in [-0.25, -0.2) is 0 Å². The maximum absolute atomic E-state index is 12.0. The number of carbonyl (C=O) groups is 2. The number of carboxylic acid groups (broad SMARTS) is 1. The lowest BCUT2D eigenvalue weighted by molar-refractivity contribution is -0.165. The summed E-state index contributed by atoms with van der Waals surface area (Å²) in [5, 5.41) is 8.37. The third-order valence-electron chi connectivity index (χ3n) is 1.61. The first-order chi connectivity index (χ1) is 7.26. The summed E-state index contributed by atoms with van der Waals surface area (Å²) in [7, 11) is 0. The molecule has 7 heteroatoms. The number of hydrogen-bond donors (Lipinski definition) is 1. The zero-order valence-corrected chi connectivity index (χ0v) is 8.46. The number of rotatable bonds is 6. The highest BCUT2D eigenvalue weighted by molar-refractivity contribution is 5.81. The Balaban J connectivity index is 4.46. The predicted molar refractivity (Wildman–Crippen MR) is 49.7 cm³/mol. The first-order valence-corrected chi connectivity index (χ1v) is 4.43. The standard InChI is InChI=1S/C9H12F3NO3/c1-2-3-4-7(14)13(5-8(15)16)6-9(10,11)12/h2H,1,3-6H2,(H,15,16). The molecule has 0 saturated carbocycles. The van der Waals surface area contributed by atoms with Crippen LogP contribution >= 0.6 is 0 Å². The van der Waals surface area contributed by atoms with Gasteiger partial charge >= 0.3 is 12.1 Å². The van der Waals surface area contributed by atoms with Crippen molar-refractivity contribution in [3.05, 3.63) is 12.7 Å². The fourth-order valence-electron chi connectivity index (χ4n) is 0.996. The maximum Gasteiger partial charge on any atom is 0.406 e. The first kappa shape index (κ1) is 14.5. The van der Waals surface area contributed by atoms with Gasteiger partial charge < -0.3 is 10.0 Å². The van der Waals surface area contributed by atoms with Crippen molar-refractivity contribution in [2.24, 2.45) is 0 Å². The lowest BCUT2D eigenvalue weighted by atomic mass is 10.2. The summed E-state index contributed by atoms with van der Waals surface area (Å²) < 4.78 is 36.1. The molecule has 0 rings (SSSR count). The van der Waals surface area contributed by atoms with Gasteiger partial charge in [-0.1, -0.05) is 6.08 Å². The quantitative estimate of drug-likeness (QED) is 0.713. The molecule has 16 heavy (non-hydrogen) atoms. The third kappa shape index (κ3) is 6.86. The van der Waals surface area contributed by atoms with Crippen LogP contribution < -0.4 is 0 Å². The normalized spacial score (nSPS) is 10.9. The van der Waals surface area contributed by atoms with Crippen molar-refractivity contribution in [3.8, 4) is 0 Å². The number of carboxylic acids is 1. The molecule has 0 spiro atoms. The van der Waals surface area contributed by atoms with Gasteiger partial charge in [0.05, 0.1) is 0 Å². The van der Waals surface area contributed by atoms with Crippen molar-refractivity contribution < 1.29 is 27.9 Å². The van der Waals surface area contributed by atoms with E-state index in [1.54, 1.807) is 0 Å². The summed E-state index contributed by atoms with van der Waals surface area (Å²) >= 11 is 0. The Morgan fingerprint density at radius 2 is 1.94 bits per heavy atom. The highest BCUT2D eigenvalue weighted by Gasteiger charge is 2.33. The summed E-state index contributed by atoms with van der Waals surface area (Å²) in [6, 6.07) is 0. The van der Waals surface area contributed by atoms with Crippen LogP contribution in [0.4, 0.5) is 13.2 Å². The molecule has 4 nitrogen and oxygen atoms in total. The van der Waals surface area contributed by atoms with Crippen molar-refractivity contribution in [1.29, 1.82) is 0 Å². The highest BCUT2D eigenvalue weighted by atomic mass is 19.4. The number of aliphatic carboxylic acids is 1. The van der Waals surface area contributed by atoms with E-state index < -0.39 is 31.1 Å². The average molecular weight is 239 g/mol. The van der Waals surface area contributed by atoms with E-state index >= 15 is 0 Å². The van der Waals surface area contributed by atoms with E-state index in [1.165, 1.54) is 6.08 Å². The van der Waals surface area contributed by atoms with Crippen molar-refractivity contribution >= 4 is 11.9 Å². The molecule has 0 fully saturated rings. The average Bonchev–Trinajstić information content (AvgIpc) is 2.10. The van der Waals surface area contributed by atoms with Gasteiger partial charge in [0, 0.05) is 6.42 Å². The van der Waals surface area contributed by atoms with Gasteiger partial charge in [-0.05, 0) is 6.42 Å². The lowest BCUT2D eigenvalue weighted by Gasteiger charge is -2.21. The van der Waals surface area contributed by atoms with Crippen molar-refractivity contribution in [3.63, 3.8) is 0 Å². The number of halogens is 3. The van der Waals surface area contributed by atoms with Crippen LogP contribution in [-0.2, 0) is 9.59 Å². The molecule has 0 aromatic carbocycles. The molecule has 0 aromatic heterocycles. The topological polar surface area (TPSA) is 57.6 Å². The third-order valence-corrected chi connectivity index (χ3v) is 1.61. The van der Waals surface area contributed by atoms with Crippen LogP contribution in [0.2, 0.25) is 0 Å². The number of nitrogens with zero attached hydrogens (tertiary/aromatic N) is 1. The van der Waals surface area contributed by atoms with E-state index in [0.29, 0.717) is 0 Å². The second-order valence-electron chi connectivity index (χ2n) is 3.09. The minimum atomic E-state index is -4.60. The van der Waals surface area contributed by atoms with E-state index in [9.17, 15) is 22.8 Å². The molecule has 0 radical (unpaired) electrons. The Morgan fingerprint density at radius 3 is 2.31 bits per heavy atom. The second-order valence-corrected chi connectivity index (χ2v) is 3.09. The number of alkyl halides is 3. The van der Waals surface area contributed by atoms with Crippen molar-refractivity contribution in [2.75, 3.05) is 13.1 Å². The zero-order valence-electron chi connectivity index (χ0n) is 8.46. The number of hydrogen-bond acceptors (Lipinski definition) is 2. The van der Waals surface area contributed by atoms with E-state index in [2.05, 4.69) is 6.58 Å². The largest absolute Gasteiger partial charge is 0.480 e. The van der Waals surface area contributed by atoms with Gasteiger partial charge in [-0.3, -0.25) is 9.59 Å². The molecule has 0 unspecified atom stereocenters. The van der Waals surface area contributed by atoms with E-state index in [1.807, 2.05) is 0 Å². The molecule has 0 aliphatic rings. The summed E-state index contributed by atoms with van der Waals surface area (Å²) in [5.41, 5.74) is 0. The molecule has 1 amide bonds. The van der Waals surface area contributed by atoms with Crippen LogP contribution in [0.3, 0.4) is 0 Å². The van der Waals surface area contributed by atoms with Gasteiger partial charge in [0.15, 0.2) is 0 Å². The van der Waals surface area contributed by atoms with Gasteiger partial charge in [0.1, 0.15) is 13.1 Å². The number of carbonyl (C=O) groups excluding carboxylic acids is 1. The monoisotopic (exact) mass is 239 g/mol. The molecule has 0 bridgehead atoms. The zero-order chi connectivity index (χ0) is 12.8. The Kier molecular flexibility index (Phi) is 5.55. The number of allylic oxidation sites excluding steroid dienone is 1. The summed E-state index contributed by atoms with van der Waals surface area (Å²) in [5.74, 6) is -2.32. The summed E-state index contributed by atoms with van der Waals surface area (Å²) in [4.78, 5) is 21.8. The van der Waals surface area contributed by atoms with Gasteiger partial charge in [0.2, 0.25) is 5.91 Å². The van der Waals surface area contributed by atoms with Crippen molar-refractivity contribution in [2.45, 2.75) is 19.0 Å². The predicted octanol–water partition coefficient (Wildman–Crippen LogP) is 1.43. The molecule has 1 N–H and O–H groups in total. The highest BCUT2D eigenvalue weighted by Crippen LogP contribution is 2.17. The van der Waals surface area contributed by atoms with Crippen LogP contribution in [0.1, 0.15) is 12.8 Å². The fraction of sp³-hybridized carbons (Fsp3) is 0.556. The van der Waals surface area contributed by atoms with Crippen LogP contribution in [0, 0.1) is 0 Å². The van der Waals surface area contributed by atoms with Crippen LogP contribution in [0.25, 0.3) is 0 Å². The number of amides is 1. The van der Waals surface area contributed by atoms with Gasteiger partial charge in [-0.2, -0.15) is 13.2 Å². The Labute approximate surface area is 90.3 Å². The Morgan fingerprint density at radius 1 is 1.38 bits per heavy atom. The molecule has 0 aromatic rings. The van der Waals surface area contributed by atoms with E-state index in [0.717, 1.165) is 0 Å². The second kappa shape index (κ2) is 6.14. The molecular weight excluding hydrogens is 227 g/mol. The minimum Gasteiger partial charge on any atom is -0.480 e. The van der Waals surface area contributed by atoms with E-state index in [4.69, 9.17) is 5.11 Å². The molecule has 0 aliphatic heterocycles. The molecule has 0 saturated heterocycles. The van der Waals surface area contributed by atoms with Crippen LogP contribution in [-0.4, -0.2) is 41.1 Å². The minimum absolute atomic E-state index is 0.174. The van der Waals surface area contributed by atoms with Crippen LogP contribution in [0.15, 0.2) is 12.7 Å². The van der Waals surface area contributed by atoms with Crippen molar-refractivity contribution in [1.82, 2.24) is 4.90 Å². The molecule has 0 heterocycles. The smallest absolute Gasteiger partial charge is 0.406 e. The molecule has 0 atom stereocenters. The summed E-state index contributed by atoms with van der Waals surface area (Å²) in [6.45, 7) is 0.823. The molecule has 92 valence electrons. The lowest BCUT2D eigenvalue weighted by Crippen LogP contribution is -2.41. The fourth-order valence-corrected chi connectivity index (χ4v) is 0.996. The van der Waals surface area contributed by atoms with Gasteiger partial charge in [0.25, 0.3) is 0 Å². The Bertz CT molecular complexity index is 276. The summed E-state index contributed by atoms with van der Waals surface area (Å²) in [6.07, 6.45) is -3.18.